The largest absolute Gasteiger partial charge is 0.424 e. The number of urea groups is 1. The zero-order valence-corrected chi connectivity index (χ0v) is 15.3. The SMILES string of the molecule is CC(C)Cc1nnc([C@H](C)N2CCC[C@H]([C@@]3(C)NC(=O)NC3=O)C2)o1. The Hall–Kier alpha value is -1.96. The first-order valence-electron chi connectivity index (χ1n) is 8.99. The maximum Gasteiger partial charge on any atom is 0.322 e. The number of hydrogen-bond donors (Lipinski definition) is 2. The number of imide groups is 1. The summed E-state index contributed by atoms with van der Waals surface area (Å²) in [6.07, 6.45) is 2.63. The van der Waals surface area contributed by atoms with Crippen LogP contribution in [0.2, 0.25) is 0 Å². The van der Waals surface area contributed by atoms with Gasteiger partial charge < -0.3 is 9.73 Å². The van der Waals surface area contributed by atoms with E-state index in [2.05, 4.69) is 39.6 Å². The summed E-state index contributed by atoms with van der Waals surface area (Å²) < 4.78 is 5.82. The van der Waals surface area contributed by atoms with Crippen LogP contribution in [0.15, 0.2) is 4.42 Å². The lowest BCUT2D eigenvalue weighted by Gasteiger charge is -2.41. The van der Waals surface area contributed by atoms with Crippen LogP contribution in [0.4, 0.5) is 4.79 Å². The number of carbonyl (C=O) groups is 2. The third-order valence-electron chi connectivity index (χ3n) is 5.31. The van der Waals surface area contributed by atoms with Crippen LogP contribution in [0.1, 0.15) is 58.4 Å². The third kappa shape index (κ3) is 3.53. The molecule has 0 radical (unpaired) electrons. The van der Waals surface area contributed by atoms with Crippen molar-refractivity contribution in [1.82, 2.24) is 25.7 Å². The molecule has 2 fully saturated rings. The van der Waals surface area contributed by atoms with Gasteiger partial charge in [0.25, 0.3) is 5.91 Å². The van der Waals surface area contributed by atoms with Crippen molar-refractivity contribution in [3.8, 4) is 0 Å². The highest BCUT2D eigenvalue weighted by Gasteiger charge is 2.49. The summed E-state index contributed by atoms with van der Waals surface area (Å²) in [7, 11) is 0. The smallest absolute Gasteiger partial charge is 0.322 e. The predicted molar refractivity (Wildman–Crippen MR) is 90.6 cm³/mol. The van der Waals surface area contributed by atoms with Gasteiger partial charge in [-0.2, -0.15) is 0 Å². The molecular weight excluding hydrogens is 322 g/mol. The van der Waals surface area contributed by atoms with E-state index in [0.29, 0.717) is 24.2 Å². The second-order valence-corrected chi connectivity index (χ2v) is 7.75. The first kappa shape index (κ1) is 17.8. The van der Waals surface area contributed by atoms with Crippen molar-refractivity contribution in [3.63, 3.8) is 0 Å². The highest BCUT2D eigenvalue weighted by molar-refractivity contribution is 6.06. The molecule has 2 N–H and O–H groups in total. The van der Waals surface area contributed by atoms with E-state index in [0.717, 1.165) is 25.8 Å². The lowest BCUT2D eigenvalue weighted by atomic mass is 9.79. The van der Waals surface area contributed by atoms with Gasteiger partial charge in [-0.3, -0.25) is 15.0 Å². The minimum atomic E-state index is -0.854. The summed E-state index contributed by atoms with van der Waals surface area (Å²) in [4.78, 5) is 26.0. The summed E-state index contributed by atoms with van der Waals surface area (Å²) in [6.45, 7) is 9.69. The molecule has 0 aromatic carbocycles. The van der Waals surface area contributed by atoms with E-state index >= 15 is 0 Å². The number of piperidine rings is 1. The molecule has 8 heteroatoms. The lowest BCUT2D eigenvalue weighted by Crippen LogP contribution is -2.56. The Bertz CT molecular complexity index is 658. The van der Waals surface area contributed by atoms with Crippen LogP contribution in [0.5, 0.6) is 0 Å². The van der Waals surface area contributed by atoms with Crippen LogP contribution in [-0.4, -0.2) is 45.7 Å². The van der Waals surface area contributed by atoms with Crippen LogP contribution < -0.4 is 10.6 Å². The van der Waals surface area contributed by atoms with Gasteiger partial charge in [-0.05, 0) is 39.2 Å². The first-order valence-corrected chi connectivity index (χ1v) is 8.99. The predicted octanol–water partition coefficient (Wildman–Crippen LogP) is 1.64. The van der Waals surface area contributed by atoms with Crippen molar-refractivity contribution in [2.24, 2.45) is 11.8 Å². The van der Waals surface area contributed by atoms with Gasteiger partial charge in [0.05, 0.1) is 6.04 Å². The molecule has 3 rings (SSSR count). The second kappa shape index (κ2) is 6.74. The first-order chi connectivity index (χ1) is 11.8. The van der Waals surface area contributed by atoms with E-state index in [9.17, 15) is 9.59 Å². The van der Waals surface area contributed by atoms with E-state index < -0.39 is 11.6 Å². The highest BCUT2D eigenvalue weighted by atomic mass is 16.4. The number of carbonyl (C=O) groups excluding carboxylic acids is 2. The Labute approximate surface area is 147 Å². The maximum atomic E-state index is 12.2. The zero-order valence-electron chi connectivity index (χ0n) is 15.3. The Morgan fingerprint density at radius 3 is 2.72 bits per heavy atom. The third-order valence-corrected chi connectivity index (χ3v) is 5.31. The van der Waals surface area contributed by atoms with Crippen LogP contribution >= 0.6 is 0 Å². The molecule has 2 aliphatic heterocycles. The number of aromatic nitrogens is 2. The van der Waals surface area contributed by atoms with Crippen LogP contribution in [0.25, 0.3) is 0 Å². The monoisotopic (exact) mass is 349 g/mol. The average Bonchev–Trinajstić information content (AvgIpc) is 3.11. The molecule has 2 saturated heterocycles. The molecule has 1 aromatic heterocycles. The number of amides is 3. The van der Waals surface area contributed by atoms with Crippen LogP contribution in [0, 0.1) is 11.8 Å². The molecule has 2 aliphatic rings. The van der Waals surface area contributed by atoms with Gasteiger partial charge in [-0.1, -0.05) is 13.8 Å². The van der Waals surface area contributed by atoms with Gasteiger partial charge in [-0.15, -0.1) is 10.2 Å². The molecular formula is C17H27N5O3. The maximum absolute atomic E-state index is 12.2. The van der Waals surface area contributed by atoms with Gasteiger partial charge >= 0.3 is 6.03 Å². The van der Waals surface area contributed by atoms with Crippen molar-refractivity contribution in [2.45, 2.75) is 58.5 Å². The van der Waals surface area contributed by atoms with E-state index in [4.69, 9.17) is 4.42 Å². The molecule has 3 heterocycles. The second-order valence-electron chi connectivity index (χ2n) is 7.75. The van der Waals surface area contributed by atoms with Crippen LogP contribution in [-0.2, 0) is 11.2 Å². The Morgan fingerprint density at radius 1 is 1.32 bits per heavy atom. The average molecular weight is 349 g/mol. The van der Waals surface area contributed by atoms with Crippen molar-refractivity contribution < 1.29 is 14.0 Å². The Balaban J connectivity index is 1.69. The highest BCUT2D eigenvalue weighted by Crippen LogP contribution is 2.33. The molecule has 0 spiro atoms. The lowest BCUT2D eigenvalue weighted by molar-refractivity contribution is -0.126. The fraction of sp³-hybridized carbons (Fsp3) is 0.765. The minimum Gasteiger partial charge on any atom is -0.424 e. The molecule has 0 aliphatic carbocycles. The van der Waals surface area contributed by atoms with Gasteiger partial charge in [0.15, 0.2) is 0 Å². The van der Waals surface area contributed by atoms with Gasteiger partial charge in [0, 0.05) is 18.9 Å². The molecule has 138 valence electrons. The summed E-state index contributed by atoms with van der Waals surface area (Å²) in [6, 6.07) is -0.423. The van der Waals surface area contributed by atoms with Crippen molar-refractivity contribution in [2.75, 3.05) is 13.1 Å². The molecule has 3 amide bonds. The van der Waals surface area contributed by atoms with Gasteiger partial charge in [0.1, 0.15) is 5.54 Å². The number of rotatable bonds is 5. The molecule has 0 unspecified atom stereocenters. The number of likely N-dealkylation sites (tertiary alicyclic amines) is 1. The van der Waals surface area contributed by atoms with E-state index in [1.165, 1.54) is 0 Å². The summed E-state index contributed by atoms with van der Waals surface area (Å²) >= 11 is 0. The normalized spacial score (nSPS) is 28.9. The zero-order chi connectivity index (χ0) is 18.2. The van der Waals surface area contributed by atoms with Crippen molar-refractivity contribution in [1.29, 1.82) is 0 Å². The van der Waals surface area contributed by atoms with Crippen molar-refractivity contribution in [3.05, 3.63) is 11.8 Å². The molecule has 1 aromatic rings. The summed E-state index contributed by atoms with van der Waals surface area (Å²) in [5.41, 5.74) is -0.854. The topological polar surface area (TPSA) is 100 Å². The molecule has 3 atom stereocenters. The fourth-order valence-corrected chi connectivity index (χ4v) is 3.70. The number of nitrogens with one attached hydrogen (secondary N) is 2. The number of hydrogen-bond acceptors (Lipinski definition) is 6. The standard InChI is InChI=1S/C17H27N5O3/c1-10(2)8-13-20-21-14(25-13)11(3)22-7-5-6-12(9-22)17(4)15(23)18-16(24)19-17/h10-12H,5-9H2,1-4H3,(H2,18,19,23,24)/t11-,12-,17+/m0/s1. The Kier molecular flexibility index (Phi) is 4.81. The summed E-state index contributed by atoms with van der Waals surface area (Å²) in [5, 5.41) is 13.5. The van der Waals surface area contributed by atoms with E-state index in [1.807, 2.05) is 6.92 Å². The van der Waals surface area contributed by atoms with Crippen LogP contribution in [0.3, 0.4) is 0 Å². The minimum absolute atomic E-state index is 0.0139. The van der Waals surface area contributed by atoms with Crippen molar-refractivity contribution >= 4 is 11.9 Å². The quantitative estimate of drug-likeness (QED) is 0.784. The summed E-state index contributed by atoms with van der Waals surface area (Å²) in [5.74, 6) is 1.55. The van der Waals surface area contributed by atoms with E-state index in [-0.39, 0.29) is 17.9 Å². The molecule has 0 bridgehead atoms. The van der Waals surface area contributed by atoms with Gasteiger partial charge in [0.2, 0.25) is 11.8 Å². The number of nitrogens with zero attached hydrogens (tertiary/aromatic N) is 3. The Morgan fingerprint density at radius 2 is 2.08 bits per heavy atom. The molecule has 8 nitrogen and oxygen atoms in total. The molecule has 25 heavy (non-hydrogen) atoms. The van der Waals surface area contributed by atoms with Gasteiger partial charge in [-0.25, -0.2) is 4.79 Å². The fourth-order valence-electron chi connectivity index (χ4n) is 3.70. The molecule has 0 saturated carbocycles. The van der Waals surface area contributed by atoms with E-state index in [1.54, 1.807) is 6.92 Å².